The number of carbonyl (C=O) groups is 1. The fourth-order valence-corrected chi connectivity index (χ4v) is 5.74. The summed E-state index contributed by atoms with van der Waals surface area (Å²) in [6.45, 7) is 2.52. The molecular formula is C17H21N5O2S2. The van der Waals surface area contributed by atoms with Gasteiger partial charge in [0.1, 0.15) is 21.8 Å². The number of hydrogen-bond donors (Lipinski definition) is 2. The predicted octanol–water partition coefficient (Wildman–Crippen LogP) is 2.46. The van der Waals surface area contributed by atoms with Crippen LogP contribution >= 0.6 is 23.1 Å². The van der Waals surface area contributed by atoms with Crippen molar-refractivity contribution in [3.8, 4) is 6.07 Å². The van der Waals surface area contributed by atoms with Crippen molar-refractivity contribution in [2.45, 2.75) is 44.2 Å². The van der Waals surface area contributed by atoms with E-state index >= 15 is 0 Å². The standard InChI is InChI=1S/C17H21N5O2S2/c1-10-5-11-6-26-15(19)22-17(11,9-24-10)14-21-12(7-25-14)20-13(23)16(8-18)3-2-4-16/h7,10-11H,2-6,9H2,1H3,(H2,19,22)(H,20,23)/t10-,11-,17-/m0/s1. The fraction of sp³-hybridized carbons (Fsp3) is 0.647. The van der Waals surface area contributed by atoms with Gasteiger partial charge in [-0.05, 0) is 32.6 Å². The summed E-state index contributed by atoms with van der Waals surface area (Å²) in [7, 11) is 0. The monoisotopic (exact) mass is 391 g/mol. The molecule has 2 fully saturated rings. The van der Waals surface area contributed by atoms with Crippen LogP contribution in [-0.2, 0) is 15.1 Å². The first kappa shape index (κ1) is 17.8. The third kappa shape index (κ3) is 2.80. The molecule has 2 aliphatic heterocycles. The lowest BCUT2D eigenvalue weighted by Crippen LogP contribution is -2.49. The number of nitrogens with zero attached hydrogens (tertiary/aromatic N) is 3. The first-order valence-electron chi connectivity index (χ1n) is 8.76. The van der Waals surface area contributed by atoms with Crippen molar-refractivity contribution in [1.29, 1.82) is 5.26 Å². The van der Waals surface area contributed by atoms with E-state index in [2.05, 4.69) is 23.3 Å². The van der Waals surface area contributed by atoms with E-state index in [1.807, 2.05) is 5.38 Å². The highest BCUT2D eigenvalue weighted by Gasteiger charge is 2.50. The third-order valence-corrected chi connectivity index (χ3v) is 7.56. The van der Waals surface area contributed by atoms with Crippen molar-refractivity contribution < 1.29 is 9.53 Å². The Morgan fingerprint density at radius 3 is 3.04 bits per heavy atom. The summed E-state index contributed by atoms with van der Waals surface area (Å²) < 4.78 is 5.91. The number of nitrogens with two attached hydrogens (primary N) is 1. The van der Waals surface area contributed by atoms with Crippen LogP contribution in [0.5, 0.6) is 0 Å². The number of hydrogen-bond acceptors (Lipinski definition) is 8. The molecule has 3 atom stereocenters. The van der Waals surface area contributed by atoms with Crippen LogP contribution in [0.25, 0.3) is 0 Å². The second-order valence-electron chi connectivity index (χ2n) is 7.28. The Bertz CT molecular complexity index is 797. The van der Waals surface area contributed by atoms with Crippen molar-refractivity contribution >= 4 is 40.0 Å². The Balaban J connectivity index is 1.59. The number of thioether (sulfide) groups is 1. The molecule has 3 aliphatic rings. The van der Waals surface area contributed by atoms with Crippen molar-refractivity contribution in [1.82, 2.24) is 4.98 Å². The quantitative estimate of drug-likeness (QED) is 0.818. The normalized spacial score (nSPS) is 32.5. The van der Waals surface area contributed by atoms with Gasteiger partial charge < -0.3 is 15.8 Å². The number of carbonyl (C=O) groups excluding carboxylic acids is 1. The SMILES string of the molecule is C[C@H]1C[C@H]2CSC(N)=N[C@@]2(c2nc(NC(=O)C3(C#N)CCC3)cs2)CO1. The smallest absolute Gasteiger partial charge is 0.246 e. The Labute approximate surface area is 160 Å². The van der Waals surface area contributed by atoms with E-state index in [1.165, 1.54) is 11.3 Å². The highest BCUT2D eigenvalue weighted by Crippen LogP contribution is 2.47. The molecule has 0 radical (unpaired) electrons. The van der Waals surface area contributed by atoms with Crippen molar-refractivity contribution in [2.24, 2.45) is 22.1 Å². The molecule has 1 aliphatic carbocycles. The summed E-state index contributed by atoms with van der Waals surface area (Å²) in [6, 6.07) is 2.16. The van der Waals surface area contributed by atoms with Gasteiger partial charge in [0.2, 0.25) is 5.91 Å². The minimum atomic E-state index is -0.891. The maximum absolute atomic E-state index is 12.5. The van der Waals surface area contributed by atoms with Gasteiger partial charge in [-0.25, -0.2) is 9.98 Å². The van der Waals surface area contributed by atoms with E-state index in [9.17, 15) is 10.1 Å². The number of rotatable bonds is 3. The molecule has 7 nitrogen and oxygen atoms in total. The summed E-state index contributed by atoms with van der Waals surface area (Å²) in [6.07, 6.45) is 3.23. The lowest BCUT2D eigenvalue weighted by Gasteiger charge is -2.44. The zero-order valence-electron chi connectivity index (χ0n) is 14.5. The highest BCUT2D eigenvalue weighted by atomic mass is 32.2. The predicted molar refractivity (Wildman–Crippen MR) is 102 cm³/mol. The zero-order valence-corrected chi connectivity index (χ0v) is 16.2. The lowest BCUT2D eigenvalue weighted by atomic mass is 9.69. The van der Waals surface area contributed by atoms with E-state index in [0.29, 0.717) is 36.4 Å². The molecule has 0 bridgehead atoms. The first-order valence-corrected chi connectivity index (χ1v) is 10.6. The van der Waals surface area contributed by atoms with Crippen LogP contribution in [0.4, 0.5) is 5.82 Å². The van der Waals surface area contributed by atoms with Crippen LogP contribution in [0.3, 0.4) is 0 Å². The molecule has 3 N–H and O–H groups in total. The van der Waals surface area contributed by atoms with Gasteiger partial charge in [-0.1, -0.05) is 11.8 Å². The summed E-state index contributed by atoms with van der Waals surface area (Å²) in [5.74, 6) is 1.42. The molecule has 26 heavy (non-hydrogen) atoms. The number of anilines is 1. The maximum Gasteiger partial charge on any atom is 0.246 e. The van der Waals surface area contributed by atoms with Crippen molar-refractivity contribution in [3.63, 3.8) is 0 Å². The second kappa shape index (κ2) is 6.51. The molecule has 1 saturated carbocycles. The molecule has 1 aromatic heterocycles. The van der Waals surface area contributed by atoms with E-state index in [-0.39, 0.29) is 12.0 Å². The number of thiazole rings is 1. The topological polar surface area (TPSA) is 113 Å². The molecule has 1 aromatic rings. The summed E-state index contributed by atoms with van der Waals surface area (Å²) in [5.41, 5.74) is 4.55. The van der Waals surface area contributed by atoms with E-state index in [1.54, 1.807) is 11.8 Å². The average molecular weight is 392 g/mol. The maximum atomic E-state index is 12.5. The first-order chi connectivity index (χ1) is 12.5. The number of aromatic nitrogens is 1. The second-order valence-corrected chi connectivity index (χ2v) is 9.18. The number of amidine groups is 1. The minimum absolute atomic E-state index is 0.191. The third-order valence-electron chi connectivity index (χ3n) is 5.59. The van der Waals surface area contributed by atoms with Crippen LogP contribution < -0.4 is 11.1 Å². The highest BCUT2D eigenvalue weighted by molar-refractivity contribution is 8.13. The van der Waals surface area contributed by atoms with E-state index in [0.717, 1.165) is 23.6 Å². The number of amides is 1. The number of nitriles is 1. The molecule has 4 rings (SSSR count). The molecule has 1 saturated heterocycles. The van der Waals surface area contributed by atoms with Crippen LogP contribution in [0.2, 0.25) is 0 Å². The number of ether oxygens (including phenoxy) is 1. The van der Waals surface area contributed by atoms with Gasteiger partial charge in [-0.3, -0.25) is 4.79 Å². The Hall–Kier alpha value is -1.63. The molecular weight excluding hydrogens is 370 g/mol. The fourth-order valence-electron chi connectivity index (χ4n) is 3.77. The Morgan fingerprint density at radius 2 is 2.35 bits per heavy atom. The minimum Gasteiger partial charge on any atom is -0.379 e. The van der Waals surface area contributed by atoms with Crippen LogP contribution in [0, 0.1) is 22.7 Å². The zero-order chi connectivity index (χ0) is 18.4. The van der Waals surface area contributed by atoms with Crippen LogP contribution in [-0.4, -0.2) is 34.5 Å². The average Bonchev–Trinajstić information content (AvgIpc) is 3.04. The van der Waals surface area contributed by atoms with Crippen LogP contribution in [0.1, 0.15) is 37.6 Å². The lowest BCUT2D eigenvalue weighted by molar-refractivity contribution is -0.126. The van der Waals surface area contributed by atoms with Gasteiger partial charge in [0.15, 0.2) is 5.17 Å². The molecule has 0 aromatic carbocycles. The number of fused-ring (bicyclic) bond motifs is 1. The van der Waals surface area contributed by atoms with Gasteiger partial charge in [0.05, 0.1) is 18.8 Å². The van der Waals surface area contributed by atoms with Gasteiger partial charge in [0.25, 0.3) is 0 Å². The van der Waals surface area contributed by atoms with Gasteiger partial charge in [0, 0.05) is 17.1 Å². The van der Waals surface area contributed by atoms with Gasteiger partial charge >= 0.3 is 0 Å². The van der Waals surface area contributed by atoms with Gasteiger partial charge in [-0.2, -0.15) is 5.26 Å². The van der Waals surface area contributed by atoms with Crippen LogP contribution in [0.15, 0.2) is 10.4 Å². The number of nitrogens with one attached hydrogen (secondary N) is 1. The summed E-state index contributed by atoms with van der Waals surface area (Å²) in [4.78, 5) is 21.8. The Morgan fingerprint density at radius 1 is 1.54 bits per heavy atom. The molecule has 0 unspecified atom stereocenters. The summed E-state index contributed by atoms with van der Waals surface area (Å²) in [5, 5.41) is 15.3. The van der Waals surface area contributed by atoms with Gasteiger partial charge in [-0.15, -0.1) is 11.3 Å². The van der Waals surface area contributed by atoms with Crippen molar-refractivity contribution in [2.75, 3.05) is 17.7 Å². The Kier molecular flexibility index (Phi) is 4.45. The molecule has 0 spiro atoms. The molecule has 3 heterocycles. The summed E-state index contributed by atoms with van der Waals surface area (Å²) >= 11 is 3.04. The molecule has 138 valence electrons. The molecule has 9 heteroatoms. The van der Waals surface area contributed by atoms with Crippen molar-refractivity contribution in [3.05, 3.63) is 10.4 Å². The van der Waals surface area contributed by atoms with E-state index in [4.69, 9.17) is 15.5 Å². The molecule has 1 amide bonds. The largest absolute Gasteiger partial charge is 0.379 e. The van der Waals surface area contributed by atoms with E-state index < -0.39 is 11.0 Å². The number of aliphatic imine (C=N–C) groups is 1.